The van der Waals surface area contributed by atoms with E-state index in [1.165, 1.54) is 5.54 Å². The molecule has 0 aromatic heterocycles. The van der Waals surface area contributed by atoms with Crippen molar-refractivity contribution >= 4 is 23.4 Å². The summed E-state index contributed by atoms with van der Waals surface area (Å²) in [6.45, 7) is 5.88. The fourth-order valence-corrected chi connectivity index (χ4v) is 2.64. The summed E-state index contributed by atoms with van der Waals surface area (Å²) in [5.74, 6) is 0.207. The van der Waals surface area contributed by atoms with Gasteiger partial charge in [-0.25, -0.2) is 0 Å². The van der Waals surface area contributed by atoms with Crippen molar-refractivity contribution in [2.45, 2.75) is 45.2 Å². The zero-order valence-corrected chi connectivity index (χ0v) is 11.8. The molecule has 1 aliphatic heterocycles. The quantitative estimate of drug-likeness (QED) is 0.848. The molecule has 2 amide bonds. The number of rotatable bonds is 3. The van der Waals surface area contributed by atoms with Crippen LogP contribution in [0, 0.1) is 5.92 Å². The normalized spacial score (nSPS) is 33.7. The van der Waals surface area contributed by atoms with Crippen LogP contribution >= 0.6 is 11.6 Å². The van der Waals surface area contributed by atoms with Crippen LogP contribution in [0.4, 0.5) is 0 Å². The molecule has 2 atom stereocenters. The molecule has 2 fully saturated rings. The predicted molar refractivity (Wildman–Crippen MR) is 70.1 cm³/mol. The van der Waals surface area contributed by atoms with Gasteiger partial charge in [0.2, 0.25) is 11.8 Å². The van der Waals surface area contributed by atoms with Crippen LogP contribution in [-0.4, -0.2) is 34.8 Å². The van der Waals surface area contributed by atoms with Crippen molar-refractivity contribution in [3.63, 3.8) is 0 Å². The SMILES string of the molecule is CC(=CCl)CN1C(=O)C(C)NC(=O)C1(C)C1CC1. The number of carbonyl (C=O) groups excluding carboxylic acids is 2. The largest absolute Gasteiger partial charge is 0.343 e. The van der Waals surface area contributed by atoms with E-state index in [1.807, 2.05) is 13.8 Å². The maximum absolute atomic E-state index is 12.3. The van der Waals surface area contributed by atoms with E-state index < -0.39 is 11.6 Å². The molecule has 0 bridgehead atoms. The highest BCUT2D eigenvalue weighted by Gasteiger charge is 2.56. The molecular formula is C13H19ClN2O2. The van der Waals surface area contributed by atoms with Crippen molar-refractivity contribution < 1.29 is 9.59 Å². The number of hydrogen-bond donors (Lipinski definition) is 1. The molecule has 0 radical (unpaired) electrons. The van der Waals surface area contributed by atoms with E-state index in [0.717, 1.165) is 18.4 Å². The van der Waals surface area contributed by atoms with Gasteiger partial charge >= 0.3 is 0 Å². The maximum Gasteiger partial charge on any atom is 0.246 e. The number of nitrogens with zero attached hydrogens (tertiary/aromatic N) is 1. The minimum atomic E-state index is -0.718. The van der Waals surface area contributed by atoms with E-state index in [4.69, 9.17) is 11.6 Å². The van der Waals surface area contributed by atoms with Crippen LogP contribution in [0.25, 0.3) is 0 Å². The second-order valence-corrected chi connectivity index (χ2v) is 5.72. The van der Waals surface area contributed by atoms with Crippen molar-refractivity contribution in [2.24, 2.45) is 5.92 Å². The van der Waals surface area contributed by atoms with Gasteiger partial charge in [-0.05, 0) is 45.1 Å². The Morgan fingerprint density at radius 1 is 1.56 bits per heavy atom. The molecule has 0 spiro atoms. The summed E-state index contributed by atoms with van der Waals surface area (Å²) in [5, 5.41) is 2.78. The third kappa shape index (κ3) is 2.03. The van der Waals surface area contributed by atoms with E-state index in [-0.39, 0.29) is 17.7 Å². The standard InChI is InChI=1S/C13H19ClN2O2/c1-8(6-14)7-16-11(17)9(2)15-12(18)13(16,3)10-4-5-10/h6,9-10H,4-5,7H2,1-3H3,(H,15,18). The van der Waals surface area contributed by atoms with Crippen LogP contribution in [0.5, 0.6) is 0 Å². The van der Waals surface area contributed by atoms with Gasteiger partial charge in [-0.3, -0.25) is 9.59 Å². The lowest BCUT2D eigenvalue weighted by molar-refractivity contribution is -0.156. The Hall–Kier alpha value is -1.03. The molecule has 18 heavy (non-hydrogen) atoms. The van der Waals surface area contributed by atoms with Gasteiger partial charge in [-0.1, -0.05) is 11.6 Å². The van der Waals surface area contributed by atoms with Crippen LogP contribution in [0.15, 0.2) is 11.1 Å². The van der Waals surface area contributed by atoms with Crippen LogP contribution in [-0.2, 0) is 9.59 Å². The Labute approximate surface area is 112 Å². The third-order valence-electron chi connectivity index (χ3n) is 3.97. The van der Waals surface area contributed by atoms with Gasteiger partial charge in [0.15, 0.2) is 0 Å². The average molecular weight is 271 g/mol. The first-order chi connectivity index (χ1) is 8.41. The summed E-state index contributed by atoms with van der Waals surface area (Å²) in [7, 11) is 0. The Balaban J connectivity index is 2.33. The van der Waals surface area contributed by atoms with Gasteiger partial charge in [-0.2, -0.15) is 0 Å². The first kappa shape index (κ1) is 13.4. The van der Waals surface area contributed by atoms with Gasteiger partial charge in [0.1, 0.15) is 11.6 Å². The van der Waals surface area contributed by atoms with E-state index in [1.54, 1.807) is 11.8 Å². The van der Waals surface area contributed by atoms with Gasteiger partial charge in [0.25, 0.3) is 0 Å². The van der Waals surface area contributed by atoms with Crippen LogP contribution in [0.3, 0.4) is 0 Å². The maximum atomic E-state index is 12.3. The van der Waals surface area contributed by atoms with E-state index in [9.17, 15) is 9.59 Å². The van der Waals surface area contributed by atoms with Gasteiger partial charge < -0.3 is 10.2 Å². The number of nitrogens with one attached hydrogen (secondary N) is 1. The molecule has 0 aromatic rings. The number of amides is 2. The topological polar surface area (TPSA) is 49.4 Å². The highest BCUT2D eigenvalue weighted by atomic mass is 35.5. The Morgan fingerprint density at radius 3 is 2.67 bits per heavy atom. The number of hydrogen-bond acceptors (Lipinski definition) is 2. The monoisotopic (exact) mass is 270 g/mol. The predicted octanol–water partition coefficient (Wildman–Crippen LogP) is 1.64. The number of piperazine rings is 1. The van der Waals surface area contributed by atoms with E-state index >= 15 is 0 Å². The summed E-state index contributed by atoms with van der Waals surface area (Å²) in [6.07, 6.45) is 2.01. The fraction of sp³-hybridized carbons (Fsp3) is 0.692. The summed E-state index contributed by atoms with van der Waals surface area (Å²) < 4.78 is 0. The molecule has 4 nitrogen and oxygen atoms in total. The van der Waals surface area contributed by atoms with Gasteiger partial charge in [-0.15, -0.1) is 0 Å². The molecule has 1 aliphatic carbocycles. The highest BCUT2D eigenvalue weighted by molar-refractivity contribution is 6.25. The molecular weight excluding hydrogens is 252 g/mol. The van der Waals surface area contributed by atoms with Crippen molar-refractivity contribution in [3.8, 4) is 0 Å². The van der Waals surface area contributed by atoms with Crippen LogP contribution in [0.1, 0.15) is 33.6 Å². The molecule has 1 saturated carbocycles. The summed E-state index contributed by atoms with van der Waals surface area (Å²) in [4.78, 5) is 26.3. The Bertz CT molecular complexity index is 417. The zero-order chi connectivity index (χ0) is 13.5. The molecule has 1 saturated heterocycles. The second-order valence-electron chi connectivity index (χ2n) is 5.50. The average Bonchev–Trinajstić information content (AvgIpc) is 3.16. The summed E-state index contributed by atoms with van der Waals surface area (Å²) >= 11 is 5.68. The number of halogens is 1. The highest BCUT2D eigenvalue weighted by Crippen LogP contribution is 2.44. The second kappa shape index (κ2) is 4.57. The van der Waals surface area contributed by atoms with Crippen LogP contribution < -0.4 is 5.32 Å². The van der Waals surface area contributed by atoms with Crippen LogP contribution in [0.2, 0.25) is 0 Å². The fourth-order valence-electron chi connectivity index (χ4n) is 2.57. The minimum Gasteiger partial charge on any atom is -0.343 e. The molecule has 5 heteroatoms. The summed E-state index contributed by atoms with van der Waals surface area (Å²) in [6, 6.07) is -0.451. The number of carbonyl (C=O) groups is 2. The van der Waals surface area contributed by atoms with Crippen molar-refractivity contribution in [1.82, 2.24) is 10.2 Å². The first-order valence-electron chi connectivity index (χ1n) is 6.29. The molecule has 1 N–H and O–H groups in total. The van der Waals surface area contributed by atoms with Crippen molar-refractivity contribution in [2.75, 3.05) is 6.54 Å². The lowest BCUT2D eigenvalue weighted by Crippen LogP contribution is -2.70. The molecule has 2 unspecified atom stereocenters. The Morgan fingerprint density at radius 2 is 2.17 bits per heavy atom. The molecule has 0 aromatic carbocycles. The van der Waals surface area contributed by atoms with Crippen molar-refractivity contribution in [1.29, 1.82) is 0 Å². The molecule has 1 heterocycles. The van der Waals surface area contributed by atoms with E-state index in [0.29, 0.717) is 6.54 Å². The smallest absolute Gasteiger partial charge is 0.246 e. The van der Waals surface area contributed by atoms with Crippen molar-refractivity contribution in [3.05, 3.63) is 11.1 Å². The molecule has 2 aliphatic rings. The molecule has 2 rings (SSSR count). The zero-order valence-electron chi connectivity index (χ0n) is 11.0. The molecule has 100 valence electrons. The van der Waals surface area contributed by atoms with Gasteiger partial charge in [0, 0.05) is 12.1 Å². The lowest BCUT2D eigenvalue weighted by Gasteiger charge is -2.46. The first-order valence-corrected chi connectivity index (χ1v) is 6.73. The minimum absolute atomic E-state index is 0.0260. The van der Waals surface area contributed by atoms with Gasteiger partial charge in [0.05, 0.1) is 0 Å². The lowest BCUT2D eigenvalue weighted by atomic mass is 9.88. The summed E-state index contributed by atoms with van der Waals surface area (Å²) in [5.41, 5.74) is 1.64. The van der Waals surface area contributed by atoms with E-state index in [2.05, 4.69) is 5.32 Å². The Kier molecular flexibility index (Phi) is 3.41. The third-order valence-corrected chi connectivity index (χ3v) is 4.34.